The van der Waals surface area contributed by atoms with Crippen LogP contribution in [0, 0.1) is 5.92 Å². The van der Waals surface area contributed by atoms with Crippen molar-refractivity contribution in [3.8, 4) is 0 Å². The van der Waals surface area contributed by atoms with Crippen LogP contribution in [0.25, 0.3) is 0 Å². The van der Waals surface area contributed by atoms with Crippen molar-refractivity contribution in [3.05, 3.63) is 35.9 Å². The summed E-state index contributed by atoms with van der Waals surface area (Å²) in [5.74, 6) is -0.422. The van der Waals surface area contributed by atoms with Crippen molar-refractivity contribution in [2.45, 2.75) is 58.4 Å². The fourth-order valence-corrected chi connectivity index (χ4v) is 3.95. The SMILES string of the molecule is CCCCCCNC(=O)C1CCCN(CC(=O)N(CCC(N)=O)Cc2ccccc2)C1. The summed E-state index contributed by atoms with van der Waals surface area (Å²) >= 11 is 0. The Labute approximate surface area is 186 Å². The summed E-state index contributed by atoms with van der Waals surface area (Å²) in [7, 11) is 0. The van der Waals surface area contributed by atoms with Gasteiger partial charge in [0.15, 0.2) is 0 Å². The van der Waals surface area contributed by atoms with Gasteiger partial charge >= 0.3 is 0 Å². The maximum Gasteiger partial charge on any atom is 0.237 e. The number of piperidine rings is 1. The number of amides is 3. The zero-order chi connectivity index (χ0) is 22.5. The van der Waals surface area contributed by atoms with Crippen LogP contribution < -0.4 is 11.1 Å². The summed E-state index contributed by atoms with van der Waals surface area (Å²) in [5.41, 5.74) is 6.32. The van der Waals surface area contributed by atoms with Crippen LogP contribution in [0.3, 0.4) is 0 Å². The predicted octanol–water partition coefficient (Wildman–Crippen LogP) is 2.30. The quantitative estimate of drug-likeness (QED) is 0.470. The first-order valence-electron chi connectivity index (χ1n) is 11.6. The summed E-state index contributed by atoms with van der Waals surface area (Å²) in [6, 6.07) is 9.73. The number of carbonyl (C=O) groups excluding carboxylic acids is 3. The Hall–Kier alpha value is -2.41. The van der Waals surface area contributed by atoms with E-state index in [1.807, 2.05) is 30.3 Å². The molecule has 0 aromatic heterocycles. The minimum Gasteiger partial charge on any atom is -0.370 e. The van der Waals surface area contributed by atoms with Gasteiger partial charge in [-0.3, -0.25) is 19.3 Å². The Morgan fingerprint density at radius 2 is 1.94 bits per heavy atom. The second kappa shape index (κ2) is 13.8. The van der Waals surface area contributed by atoms with E-state index in [1.165, 1.54) is 12.8 Å². The second-order valence-electron chi connectivity index (χ2n) is 8.44. The first kappa shape index (κ1) is 24.9. The Bertz CT molecular complexity index is 695. The van der Waals surface area contributed by atoms with Gasteiger partial charge in [0.05, 0.1) is 12.5 Å². The monoisotopic (exact) mass is 430 g/mol. The topological polar surface area (TPSA) is 95.7 Å². The van der Waals surface area contributed by atoms with E-state index in [-0.39, 0.29) is 30.7 Å². The van der Waals surface area contributed by atoms with Gasteiger partial charge in [-0.15, -0.1) is 0 Å². The van der Waals surface area contributed by atoms with Crippen LogP contribution in [0.2, 0.25) is 0 Å². The van der Waals surface area contributed by atoms with Crippen molar-refractivity contribution in [1.82, 2.24) is 15.1 Å². The molecule has 7 nitrogen and oxygen atoms in total. The van der Waals surface area contributed by atoms with Crippen LogP contribution in [0.15, 0.2) is 30.3 Å². The molecule has 2 rings (SSSR count). The predicted molar refractivity (Wildman–Crippen MR) is 122 cm³/mol. The first-order valence-corrected chi connectivity index (χ1v) is 11.6. The summed E-state index contributed by atoms with van der Waals surface area (Å²) in [4.78, 5) is 40.6. The molecule has 0 bridgehead atoms. The summed E-state index contributed by atoms with van der Waals surface area (Å²) in [6.45, 7) is 5.31. The van der Waals surface area contributed by atoms with Gasteiger partial charge in [-0.2, -0.15) is 0 Å². The fourth-order valence-electron chi connectivity index (χ4n) is 3.95. The average molecular weight is 431 g/mol. The molecule has 1 unspecified atom stereocenters. The maximum absolute atomic E-state index is 13.0. The highest BCUT2D eigenvalue weighted by Gasteiger charge is 2.27. The van der Waals surface area contributed by atoms with Crippen LogP contribution in [-0.4, -0.2) is 60.2 Å². The lowest BCUT2D eigenvalue weighted by molar-refractivity contribution is -0.135. The third-order valence-corrected chi connectivity index (χ3v) is 5.76. The van der Waals surface area contributed by atoms with Crippen LogP contribution in [0.4, 0.5) is 0 Å². The number of hydrogen-bond donors (Lipinski definition) is 2. The summed E-state index contributed by atoms with van der Waals surface area (Å²) in [6.07, 6.45) is 6.45. The molecule has 1 heterocycles. The number of nitrogens with two attached hydrogens (primary N) is 1. The molecule has 1 aromatic rings. The normalized spacial score (nSPS) is 16.6. The largest absolute Gasteiger partial charge is 0.370 e. The van der Waals surface area contributed by atoms with Crippen molar-refractivity contribution in [1.29, 1.82) is 0 Å². The molecule has 0 spiro atoms. The van der Waals surface area contributed by atoms with E-state index < -0.39 is 5.91 Å². The van der Waals surface area contributed by atoms with Crippen LogP contribution in [0.1, 0.15) is 57.4 Å². The molecular weight excluding hydrogens is 392 g/mol. The molecule has 7 heteroatoms. The molecule has 172 valence electrons. The molecule has 3 amide bonds. The van der Waals surface area contributed by atoms with E-state index in [1.54, 1.807) is 4.90 Å². The van der Waals surface area contributed by atoms with Gasteiger partial charge in [0.1, 0.15) is 0 Å². The zero-order valence-corrected chi connectivity index (χ0v) is 18.9. The Kier molecular flexibility index (Phi) is 11.1. The highest BCUT2D eigenvalue weighted by atomic mass is 16.2. The van der Waals surface area contributed by atoms with Gasteiger partial charge < -0.3 is 16.0 Å². The lowest BCUT2D eigenvalue weighted by atomic mass is 9.97. The van der Waals surface area contributed by atoms with Gasteiger partial charge in [0.2, 0.25) is 17.7 Å². The van der Waals surface area contributed by atoms with E-state index in [4.69, 9.17) is 5.73 Å². The highest BCUT2D eigenvalue weighted by Crippen LogP contribution is 2.17. The molecule has 1 saturated heterocycles. The molecule has 1 aliphatic rings. The first-order chi connectivity index (χ1) is 15.0. The van der Waals surface area contributed by atoms with Gasteiger partial charge in [-0.1, -0.05) is 56.5 Å². The number of carbonyl (C=O) groups is 3. The van der Waals surface area contributed by atoms with Crippen LogP contribution in [0.5, 0.6) is 0 Å². The van der Waals surface area contributed by atoms with Gasteiger partial charge in [0.25, 0.3) is 0 Å². The van der Waals surface area contributed by atoms with Crippen molar-refractivity contribution in [3.63, 3.8) is 0 Å². The molecular formula is C24H38N4O3. The number of likely N-dealkylation sites (tertiary alicyclic amines) is 1. The Balaban J connectivity index is 1.86. The van der Waals surface area contributed by atoms with E-state index in [2.05, 4.69) is 17.1 Å². The Morgan fingerprint density at radius 1 is 1.16 bits per heavy atom. The van der Waals surface area contributed by atoms with Crippen molar-refractivity contribution in [2.24, 2.45) is 11.7 Å². The van der Waals surface area contributed by atoms with Crippen molar-refractivity contribution < 1.29 is 14.4 Å². The number of nitrogens with one attached hydrogen (secondary N) is 1. The molecule has 0 aliphatic carbocycles. The minimum absolute atomic E-state index is 0.0364. The molecule has 0 radical (unpaired) electrons. The van der Waals surface area contributed by atoms with Crippen LogP contribution >= 0.6 is 0 Å². The number of primary amides is 1. The lowest BCUT2D eigenvalue weighted by Gasteiger charge is -2.33. The number of unbranched alkanes of at least 4 members (excludes halogenated alkanes) is 3. The van der Waals surface area contributed by atoms with Gasteiger partial charge in [0, 0.05) is 32.6 Å². The van der Waals surface area contributed by atoms with E-state index in [0.717, 1.165) is 44.3 Å². The fraction of sp³-hybridized carbons (Fsp3) is 0.625. The third kappa shape index (κ3) is 9.51. The lowest BCUT2D eigenvalue weighted by Crippen LogP contribution is -2.47. The zero-order valence-electron chi connectivity index (χ0n) is 18.9. The van der Waals surface area contributed by atoms with Gasteiger partial charge in [-0.25, -0.2) is 0 Å². The summed E-state index contributed by atoms with van der Waals surface area (Å²) < 4.78 is 0. The standard InChI is InChI=1S/C24H38N4O3/c1-2-3-4-8-14-26-24(31)21-12-9-15-27(18-21)19-23(30)28(16-13-22(25)29)17-20-10-6-5-7-11-20/h5-7,10-11,21H,2-4,8-9,12-19H2,1H3,(H2,25,29)(H,26,31). The van der Waals surface area contributed by atoms with E-state index in [0.29, 0.717) is 19.6 Å². The molecule has 1 aliphatic heterocycles. The minimum atomic E-state index is -0.417. The van der Waals surface area contributed by atoms with Crippen molar-refractivity contribution in [2.75, 3.05) is 32.7 Å². The van der Waals surface area contributed by atoms with Crippen LogP contribution in [-0.2, 0) is 20.9 Å². The maximum atomic E-state index is 13.0. The number of hydrogen-bond acceptors (Lipinski definition) is 4. The summed E-state index contributed by atoms with van der Waals surface area (Å²) in [5, 5.41) is 3.06. The molecule has 3 N–H and O–H groups in total. The van der Waals surface area contributed by atoms with E-state index >= 15 is 0 Å². The highest BCUT2D eigenvalue weighted by molar-refractivity contribution is 5.81. The van der Waals surface area contributed by atoms with Crippen molar-refractivity contribution >= 4 is 17.7 Å². The van der Waals surface area contributed by atoms with Gasteiger partial charge in [-0.05, 0) is 31.4 Å². The number of rotatable bonds is 13. The van der Waals surface area contributed by atoms with E-state index in [9.17, 15) is 14.4 Å². The molecule has 1 fully saturated rings. The smallest absolute Gasteiger partial charge is 0.237 e. The molecule has 1 atom stereocenters. The number of nitrogens with zero attached hydrogens (tertiary/aromatic N) is 2. The molecule has 31 heavy (non-hydrogen) atoms. The molecule has 0 saturated carbocycles. The third-order valence-electron chi connectivity index (χ3n) is 5.76. The molecule has 1 aromatic carbocycles. The number of benzene rings is 1. The Morgan fingerprint density at radius 3 is 2.65 bits per heavy atom. The second-order valence-corrected chi connectivity index (χ2v) is 8.44. The average Bonchev–Trinajstić information content (AvgIpc) is 2.77.